The number of carbonyl (C=O) groups is 3. The van der Waals surface area contributed by atoms with Crippen LogP contribution in [0, 0.1) is 0 Å². The van der Waals surface area contributed by atoms with E-state index in [2.05, 4.69) is 19.1 Å². The van der Waals surface area contributed by atoms with Crippen LogP contribution in [-0.4, -0.2) is 58.8 Å². The van der Waals surface area contributed by atoms with Crippen molar-refractivity contribution in [3.05, 3.63) is 12.2 Å². The van der Waals surface area contributed by atoms with Gasteiger partial charge in [-0.05, 0) is 39.0 Å². The summed E-state index contributed by atoms with van der Waals surface area (Å²) in [5.41, 5.74) is 0. The molecular formula is C35H65NO6. The lowest BCUT2D eigenvalue weighted by Crippen LogP contribution is -2.51. The molecule has 246 valence electrons. The molecule has 0 aliphatic heterocycles. The first-order valence-corrected chi connectivity index (χ1v) is 17.4. The molecule has 0 radical (unpaired) electrons. The Hall–Kier alpha value is -1.89. The van der Waals surface area contributed by atoms with Crippen LogP contribution in [0.5, 0.6) is 0 Å². The molecule has 0 aromatic rings. The van der Waals surface area contributed by atoms with Crippen molar-refractivity contribution in [1.82, 2.24) is 0 Å². The van der Waals surface area contributed by atoms with Gasteiger partial charge in [0, 0.05) is 25.2 Å². The molecule has 0 fully saturated rings. The van der Waals surface area contributed by atoms with Crippen LogP contribution in [0.4, 0.5) is 0 Å². The Labute approximate surface area is 257 Å². The quantitative estimate of drug-likeness (QED) is 0.0451. The van der Waals surface area contributed by atoms with Gasteiger partial charge in [0.2, 0.25) is 0 Å². The van der Waals surface area contributed by atoms with Crippen molar-refractivity contribution in [3.8, 4) is 0 Å². The molecule has 0 rings (SSSR count). The first-order valence-electron chi connectivity index (χ1n) is 17.4. The molecule has 2 N–H and O–H groups in total. The van der Waals surface area contributed by atoms with E-state index in [-0.39, 0.29) is 19.3 Å². The molecule has 0 saturated carbocycles. The molecule has 0 saturated heterocycles. The number of carbonyl (C=O) groups excluding carboxylic acids is 1. The molecule has 0 atom stereocenters. The van der Waals surface area contributed by atoms with E-state index < -0.39 is 17.9 Å². The Morgan fingerprint density at radius 2 is 0.810 bits per heavy atom. The summed E-state index contributed by atoms with van der Waals surface area (Å²) in [6.07, 6.45) is 31.0. The van der Waals surface area contributed by atoms with Crippen molar-refractivity contribution >= 4 is 17.9 Å². The highest BCUT2D eigenvalue weighted by atomic mass is 16.4. The number of rotatable bonds is 33. The van der Waals surface area contributed by atoms with Gasteiger partial charge in [0.15, 0.2) is 0 Å². The van der Waals surface area contributed by atoms with Gasteiger partial charge in [-0.3, -0.25) is 9.59 Å². The van der Waals surface area contributed by atoms with Crippen LogP contribution in [0.15, 0.2) is 12.2 Å². The Kier molecular flexibility index (Phi) is 27.9. The van der Waals surface area contributed by atoms with Crippen LogP contribution < -0.4 is 5.11 Å². The van der Waals surface area contributed by atoms with E-state index in [1.807, 2.05) is 0 Å². The van der Waals surface area contributed by atoms with Crippen molar-refractivity contribution in [2.45, 2.75) is 167 Å². The highest BCUT2D eigenvalue weighted by Crippen LogP contribution is 2.19. The minimum absolute atomic E-state index is 0.0182. The van der Waals surface area contributed by atoms with Gasteiger partial charge in [-0.2, -0.15) is 0 Å². The Balaban J connectivity index is 4.00. The summed E-state index contributed by atoms with van der Waals surface area (Å²) in [7, 11) is 0. The molecule has 7 nitrogen and oxygen atoms in total. The molecule has 0 heterocycles. The molecule has 0 aliphatic carbocycles. The smallest absolute Gasteiger partial charge is 0.303 e. The normalized spacial score (nSPS) is 11.8. The second-order valence-electron chi connectivity index (χ2n) is 12.4. The van der Waals surface area contributed by atoms with Crippen molar-refractivity contribution < 1.29 is 34.2 Å². The van der Waals surface area contributed by atoms with Gasteiger partial charge >= 0.3 is 11.9 Å². The van der Waals surface area contributed by atoms with Gasteiger partial charge in [0.05, 0.1) is 39.0 Å². The van der Waals surface area contributed by atoms with E-state index in [9.17, 15) is 19.5 Å². The van der Waals surface area contributed by atoms with Gasteiger partial charge in [-0.1, -0.05) is 108 Å². The number of nitrogens with zero attached hydrogens (tertiary/aromatic N) is 1. The summed E-state index contributed by atoms with van der Waals surface area (Å²) in [5.74, 6) is -2.74. The Morgan fingerprint density at radius 3 is 1.14 bits per heavy atom. The van der Waals surface area contributed by atoms with Gasteiger partial charge < -0.3 is 24.6 Å². The summed E-state index contributed by atoms with van der Waals surface area (Å²) in [6.45, 7) is 4.87. The maximum atomic E-state index is 11.1. The van der Waals surface area contributed by atoms with Crippen LogP contribution in [0.2, 0.25) is 0 Å². The number of carboxylic acid groups (broad SMARTS) is 3. The van der Waals surface area contributed by atoms with Crippen molar-refractivity contribution in [2.75, 3.05) is 26.2 Å². The molecule has 0 aliphatic rings. The van der Waals surface area contributed by atoms with E-state index in [0.717, 1.165) is 19.4 Å². The maximum Gasteiger partial charge on any atom is 0.303 e. The zero-order valence-electron chi connectivity index (χ0n) is 27.1. The summed E-state index contributed by atoms with van der Waals surface area (Å²) in [6, 6.07) is 0. The second kappa shape index (κ2) is 29.2. The average Bonchev–Trinajstić information content (AvgIpc) is 2.93. The summed E-state index contributed by atoms with van der Waals surface area (Å²) < 4.78 is 0.616. The lowest BCUT2D eigenvalue weighted by Gasteiger charge is -2.39. The minimum Gasteiger partial charge on any atom is -0.550 e. The Morgan fingerprint density at radius 1 is 0.500 bits per heavy atom. The van der Waals surface area contributed by atoms with Gasteiger partial charge in [-0.15, -0.1) is 0 Å². The lowest BCUT2D eigenvalue weighted by molar-refractivity contribution is -0.929. The molecule has 0 unspecified atom stereocenters. The molecule has 0 spiro atoms. The molecule has 7 heteroatoms. The topological polar surface area (TPSA) is 115 Å². The first-order chi connectivity index (χ1) is 20.3. The number of aliphatic carboxylic acids is 3. The van der Waals surface area contributed by atoms with Crippen molar-refractivity contribution in [2.24, 2.45) is 0 Å². The summed E-state index contributed by atoms with van der Waals surface area (Å²) >= 11 is 0. The van der Waals surface area contributed by atoms with Crippen LogP contribution in [0.25, 0.3) is 0 Å². The van der Waals surface area contributed by atoms with E-state index in [0.29, 0.717) is 43.4 Å². The van der Waals surface area contributed by atoms with Crippen LogP contribution in [0.1, 0.15) is 167 Å². The van der Waals surface area contributed by atoms with Crippen molar-refractivity contribution in [3.63, 3.8) is 0 Å². The molecule has 0 aromatic carbocycles. The SMILES string of the molecule is C/C=C/CCCCCCCCCCCCCCCCCCCC[N+](CCCC(=O)[O-])(CCCC(=O)O)CCCC(=O)O. The fourth-order valence-corrected chi connectivity index (χ4v) is 6.07. The number of unbranched alkanes of at least 4 members (excludes halogenated alkanes) is 18. The predicted octanol–water partition coefficient (Wildman–Crippen LogP) is 8.05. The fourth-order valence-electron chi connectivity index (χ4n) is 6.07. The number of allylic oxidation sites excluding steroid dienone is 2. The third kappa shape index (κ3) is 28.2. The fraction of sp³-hybridized carbons (Fsp3) is 0.857. The predicted molar refractivity (Wildman–Crippen MR) is 170 cm³/mol. The number of hydrogen-bond acceptors (Lipinski definition) is 4. The van der Waals surface area contributed by atoms with E-state index in [1.54, 1.807) is 0 Å². The number of carboxylic acids is 3. The molecule has 0 aromatic heterocycles. The third-order valence-electron chi connectivity index (χ3n) is 8.55. The average molecular weight is 596 g/mol. The second-order valence-corrected chi connectivity index (χ2v) is 12.4. The number of quaternary nitrogens is 1. The molecular weight excluding hydrogens is 530 g/mol. The van der Waals surface area contributed by atoms with Crippen LogP contribution >= 0.6 is 0 Å². The van der Waals surface area contributed by atoms with E-state index in [1.165, 1.54) is 109 Å². The van der Waals surface area contributed by atoms with Crippen LogP contribution in [-0.2, 0) is 14.4 Å². The molecule has 0 bridgehead atoms. The van der Waals surface area contributed by atoms with Gasteiger partial charge in [-0.25, -0.2) is 0 Å². The largest absolute Gasteiger partial charge is 0.550 e. The van der Waals surface area contributed by atoms with E-state index in [4.69, 9.17) is 10.2 Å². The summed E-state index contributed by atoms with van der Waals surface area (Å²) in [4.78, 5) is 33.1. The zero-order chi connectivity index (χ0) is 31.2. The van der Waals surface area contributed by atoms with Crippen molar-refractivity contribution in [1.29, 1.82) is 0 Å². The number of hydrogen-bond donors (Lipinski definition) is 2. The maximum absolute atomic E-state index is 11.1. The van der Waals surface area contributed by atoms with Crippen LogP contribution in [0.3, 0.4) is 0 Å². The van der Waals surface area contributed by atoms with Gasteiger partial charge in [0.1, 0.15) is 0 Å². The highest BCUT2D eigenvalue weighted by molar-refractivity contribution is 5.66. The van der Waals surface area contributed by atoms with Gasteiger partial charge in [0.25, 0.3) is 0 Å². The molecule has 0 amide bonds. The first kappa shape index (κ1) is 40.1. The minimum atomic E-state index is -1.07. The lowest BCUT2D eigenvalue weighted by atomic mass is 10.0. The van der Waals surface area contributed by atoms with E-state index >= 15 is 0 Å². The zero-order valence-corrected chi connectivity index (χ0v) is 27.1. The standard InChI is InChI=1S/C35H65NO6/c1-2-3-4-5-6-7-8-9-10-11-12-13-14-15-16-17-18-19-20-21-22-29-36(30-23-26-33(37)38,31-24-27-34(39)40)32-25-28-35(41)42/h2-3H,4-32H2,1H3,(H2-,37,38,39,40,41,42)/b3-2+. The molecule has 42 heavy (non-hydrogen) atoms. The highest BCUT2D eigenvalue weighted by Gasteiger charge is 2.26. The monoisotopic (exact) mass is 595 g/mol. The summed E-state index contributed by atoms with van der Waals surface area (Å²) in [5, 5.41) is 29.2. The third-order valence-corrected chi connectivity index (χ3v) is 8.55. The Bertz CT molecular complexity index is 643.